The first kappa shape index (κ1) is 17.9. The number of ether oxygens (including phenoxy) is 1. The largest absolute Gasteiger partial charge is 0.460 e. The van der Waals surface area contributed by atoms with Gasteiger partial charge in [0.25, 0.3) is 0 Å². The van der Waals surface area contributed by atoms with Gasteiger partial charge in [-0.05, 0) is 33.7 Å². The zero-order valence-corrected chi connectivity index (χ0v) is 13.4. The summed E-state index contributed by atoms with van der Waals surface area (Å²) < 4.78 is 5.20. The molecule has 0 aliphatic carbocycles. The minimum absolute atomic E-state index is 0.00621. The number of amides is 1. The van der Waals surface area contributed by atoms with E-state index < -0.39 is 5.60 Å². The van der Waals surface area contributed by atoms with Gasteiger partial charge in [0, 0.05) is 32.6 Å². The van der Waals surface area contributed by atoms with Gasteiger partial charge in [-0.3, -0.25) is 14.5 Å². The van der Waals surface area contributed by atoms with Gasteiger partial charge in [-0.15, -0.1) is 0 Å². The number of carbonyl (C=O) groups is 2. The van der Waals surface area contributed by atoms with E-state index in [-0.39, 0.29) is 31.3 Å². The minimum Gasteiger partial charge on any atom is -0.460 e. The highest BCUT2D eigenvalue weighted by atomic mass is 16.6. The maximum absolute atomic E-state index is 12.1. The Labute approximate surface area is 127 Å². The molecule has 0 spiro atoms. The molecule has 21 heavy (non-hydrogen) atoms. The second kappa shape index (κ2) is 8.34. The molecule has 1 heterocycles. The highest BCUT2D eigenvalue weighted by Crippen LogP contribution is 2.11. The van der Waals surface area contributed by atoms with Crippen molar-refractivity contribution in [1.82, 2.24) is 9.80 Å². The van der Waals surface area contributed by atoms with Crippen molar-refractivity contribution in [3.05, 3.63) is 0 Å². The van der Waals surface area contributed by atoms with Crippen molar-refractivity contribution < 1.29 is 19.4 Å². The minimum atomic E-state index is -0.506. The molecular formula is C15H28N2O4. The van der Waals surface area contributed by atoms with Crippen molar-refractivity contribution in [2.24, 2.45) is 0 Å². The van der Waals surface area contributed by atoms with E-state index >= 15 is 0 Å². The number of hydrogen-bond acceptors (Lipinski definition) is 5. The highest BCUT2D eigenvalue weighted by molar-refractivity contribution is 5.81. The van der Waals surface area contributed by atoms with Crippen LogP contribution in [0.25, 0.3) is 0 Å². The van der Waals surface area contributed by atoms with E-state index in [1.807, 2.05) is 25.7 Å². The fourth-order valence-corrected chi connectivity index (χ4v) is 2.34. The first-order chi connectivity index (χ1) is 9.81. The van der Waals surface area contributed by atoms with Crippen LogP contribution < -0.4 is 0 Å². The van der Waals surface area contributed by atoms with Crippen LogP contribution in [0.5, 0.6) is 0 Å². The summed E-state index contributed by atoms with van der Waals surface area (Å²) in [6.45, 7) is 9.30. The lowest BCUT2D eigenvalue weighted by Crippen LogP contribution is -2.36. The SMILES string of the molecule is CC(C)(C)OC(=O)CCC(=O)N1CCCN(CCO)CC1. The van der Waals surface area contributed by atoms with Crippen molar-refractivity contribution in [3.63, 3.8) is 0 Å². The zero-order valence-electron chi connectivity index (χ0n) is 13.4. The molecule has 1 rings (SSSR count). The number of esters is 1. The van der Waals surface area contributed by atoms with Gasteiger partial charge in [0.05, 0.1) is 13.0 Å². The van der Waals surface area contributed by atoms with Crippen LogP contribution in [0.1, 0.15) is 40.0 Å². The van der Waals surface area contributed by atoms with Crippen LogP contribution >= 0.6 is 0 Å². The second-order valence-electron chi connectivity index (χ2n) is 6.39. The summed E-state index contributed by atoms with van der Waals surface area (Å²) in [5.74, 6) is -0.320. The topological polar surface area (TPSA) is 70.1 Å². The van der Waals surface area contributed by atoms with Crippen LogP contribution in [0.3, 0.4) is 0 Å². The zero-order chi connectivity index (χ0) is 15.9. The van der Waals surface area contributed by atoms with E-state index in [2.05, 4.69) is 4.90 Å². The van der Waals surface area contributed by atoms with E-state index in [1.54, 1.807) is 0 Å². The van der Waals surface area contributed by atoms with Gasteiger partial charge in [0.1, 0.15) is 5.60 Å². The van der Waals surface area contributed by atoms with Gasteiger partial charge in [0.15, 0.2) is 0 Å². The van der Waals surface area contributed by atoms with Gasteiger partial charge in [-0.1, -0.05) is 0 Å². The Morgan fingerprint density at radius 1 is 1.10 bits per heavy atom. The summed E-state index contributed by atoms with van der Waals surface area (Å²) >= 11 is 0. The third-order valence-corrected chi connectivity index (χ3v) is 3.32. The maximum atomic E-state index is 12.1. The lowest BCUT2D eigenvalue weighted by atomic mass is 10.2. The summed E-state index contributed by atoms with van der Waals surface area (Å²) in [4.78, 5) is 27.7. The molecule has 6 nitrogen and oxygen atoms in total. The summed E-state index contributed by atoms with van der Waals surface area (Å²) in [6.07, 6.45) is 1.24. The molecule has 0 radical (unpaired) electrons. The molecule has 0 saturated carbocycles. The standard InChI is InChI=1S/C15H28N2O4/c1-15(2,3)21-14(20)6-5-13(19)17-8-4-7-16(9-10-17)11-12-18/h18H,4-12H2,1-3H3. The molecule has 6 heteroatoms. The van der Waals surface area contributed by atoms with E-state index in [0.717, 1.165) is 26.1 Å². The highest BCUT2D eigenvalue weighted by Gasteiger charge is 2.21. The summed E-state index contributed by atoms with van der Waals surface area (Å²) in [7, 11) is 0. The Morgan fingerprint density at radius 3 is 2.43 bits per heavy atom. The Bertz CT molecular complexity index is 352. The Hall–Kier alpha value is -1.14. The van der Waals surface area contributed by atoms with Crippen molar-refractivity contribution in [2.45, 2.75) is 45.6 Å². The third kappa shape index (κ3) is 7.43. The average Bonchev–Trinajstić information content (AvgIpc) is 2.60. The normalized spacial score (nSPS) is 17.4. The molecule has 0 unspecified atom stereocenters. The third-order valence-electron chi connectivity index (χ3n) is 3.32. The van der Waals surface area contributed by atoms with Crippen LogP contribution in [0.2, 0.25) is 0 Å². The van der Waals surface area contributed by atoms with Gasteiger partial charge < -0.3 is 14.7 Å². The molecule has 1 fully saturated rings. The van der Waals surface area contributed by atoms with Crippen LogP contribution in [-0.2, 0) is 14.3 Å². The molecule has 1 amide bonds. The number of β-amino-alcohol motifs (C(OH)–C–C–N with tert-alkyl or cyclic N) is 1. The number of carbonyl (C=O) groups excluding carboxylic acids is 2. The molecule has 1 aliphatic heterocycles. The first-order valence-corrected chi connectivity index (χ1v) is 7.64. The number of hydrogen-bond donors (Lipinski definition) is 1. The number of nitrogens with zero attached hydrogens (tertiary/aromatic N) is 2. The molecule has 122 valence electrons. The quantitative estimate of drug-likeness (QED) is 0.754. The van der Waals surface area contributed by atoms with Gasteiger partial charge in [-0.2, -0.15) is 0 Å². The molecule has 0 bridgehead atoms. The van der Waals surface area contributed by atoms with Crippen molar-refractivity contribution in [3.8, 4) is 0 Å². The van der Waals surface area contributed by atoms with E-state index in [4.69, 9.17) is 9.84 Å². The van der Waals surface area contributed by atoms with Crippen molar-refractivity contribution >= 4 is 11.9 Å². The van der Waals surface area contributed by atoms with E-state index in [1.165, 1.54) is 0 Å². The number of aliphatic hydroxyl groups excluding tert-OH is 1. The summed E-state index contributed by atoms with van der Waals surface area (Å²) in [6, 6.07) is 0. The van der Waals surface area contributed by atoms with Crippen LogP contribution in [0.15, 0.2) is 0 Å². The van der Waals surface area contributed by atoms with Gasteiger partial charge in [-0.25, -0.2) is 0 Å². The van der Waals surface area contributed by atoms with Gasteiger partial charge >= 0.3 is 5.97 Å². The maximum Gasteiger partial charge on any atom is 0.306 e. The fourth-order valence-electron chi connectivity index (χ4n) is 2.34. The number of aliphatic hydroxyl groups is 1. The second-order valence-corrected chi connectivity index (χ2v) is 6.39. The Balaban J connectivity index is 2.33. The molecule has 1 aliphatic rings. The predicted octanol–water partition coefficient (Wildman–Crippen LogP) is 0.635. The fraction of sp³-hybridized carbons (Fsp3) is 0.867. The molecule has 0 aromatic carbocycles. The molecule has 0 aromatic heterocycles. The van der Waals surface area contributed by atoms with Crippen LogP contribution in [-0.4, -0.2) is 71.7 Å². The summed E-state index contributed by atoms with van der Waals surface area (Å²) in [5, 5.41) is 8.95. The molecular weight excluding hydrogens is 272 g/mol. The van der Waals surface area contributed by atoms with Crippen LogP contribution in [0, 0.1) is 0 Å². The van der Waals surface area contributed by atoms with Crippen molar-refractivity contribution in [1.29, 1.82) is 0 Å². The lowest BCUT2D eigenvalue weighted by Gasteiger charge is -2.22. The van der Waals surface area contributed by atoms with E-state index in [0.29, 0.717) is 13.1 Å². The monoisotopic (exact) mass is 300 g/mol. The van der Waals surface area contributed by atoms with Crippen LogP contribution in [0.4, 0.5) is 0 Å². The lowest BCUT2D eigenvalue weighted by molar-refractivity contribution is -0.156. The molecule has 1 N–H and O–H groups in total. The Kier molecular flexibility index (Phi) is 7.11. The predicted molar refractivity (Wildman–Crippen MR) is 79.8 cm³/mol. The number of rotatable bonds is 5. The first-order valence-electron chi connectivity index (χ1n) is 7.64. The van der Waals surface area contributed by atoms with E-state index in [9.17, 15) is 9.59 Å². The van der Waals surface area contributed by atoms with Gasteiger partial charge in [0.2, 0.25) is 5.91 Å². The smallest absolute Gasteiger partial charge is 0.306 e. The average molecular weight is 300 g/mol. The van der Waals surface area contributed by atoms with Crippen molar-refractivity contribution in [2.75, 3.05) is 39.3 Å². The molecule has 0 atom stereocenters. The summed E-state index contributed by atoms with van der Waals surface area (Å²) in [5.41, 5.74) is -0.506. The molecule has 0 aromatic rings. The Morgan fingerprint density at radius 2 is 1.81 bits per heavy atom. The molecule has 1 saturated heterocycles.